The minimum absolute atomic E-state index is 0.0336. The molecule has 0 bridgehead atoms. The zero-order valence-electron chi connectivity index (χ0n) is 26.2. The van der Waals surface area contributed by atoms with E-state index in [1.165, 1.54) is 13.8 Å². The Morgan fingerprint density at radius 1 is 0.857 bits per heavy atom. The third kappa shape index (κ3) is 9.87. The van der Waals surface area contributed by atoms with Crippen molar-refractivity contribution in [2.75, 3.05) is 0 Å². The first kappa shape index (κ1) is 22.2. The number of unbranched alkanes of at least 4 members (excludes halogenated alkanes) is 5. The average molecular weight is 509 g/mol. The van der Waals surface area contributed by atoms with Gasteiger partial charge in [0.25, 0.3) is 0 Å². The summed E-state index contributed by atoms with van der Waals surface area (Å²) in [6, 6.07) is 0. The number of esters is 1. The van der Waals surface area contributed by atoms with E-state index in [1.54, 1.807) is 0 Å². The number of allylic oxidation sites excluding steroid dienone is 2. The lowest BCUT2D eigenvalue weighted by atomic mass is 9.86. The smallest absolute Gasteiger partial charge is 0.335 e. The molecule has 1 fully saturated rings. The van der Waals surface area contributed by atoms with Crippen LogP contribution in [0.2, 0.25) is 0 Å². The molecule has 1 saturated heterocycles. The number of ether oxygens (including phenoxy) is 2. The zero-order valence-corrected chi connectivity index (χ0v) is 20.2. The van der Waals surface area contributed by atoms with Crippen LogP contribution in [0.1, 0.15) is 93.6 Å². The highest BCUT2D eigenvalue weighted by atomic mass is 16.7. The maximum atomic E-state index is 12.9. The molecule has 10 heteroatoms. The highest BCUT2D eigenvalue weighted by Crippen LogP contribution is 2.29. The van der Waals surface area contributed by atoms with Crippen LogP contribution >= 0.6 is 0 Å². The number of carbonyl (C=O) groups excluding carboxylic acids is 1. The molecule has 0 aromatic carbocycles. The van der Waals surface area contributed by atoms with Crippen molar-refractivity contribution in [1.82, 2.24) is 0 Å². The minimum Gasteiger partial charge on any atom is -0.481 e. The van der Waals surface area contributed by atoms with Gasteiger partial charge in [0.2, 0.25) is 6.29 Å². The molecule has 0 radical (unpaired) electrons. The molecule has 0 spiro atoms. The first-order valence-electron chi connectivity index (χ1n) is 14.7. The molecule has 1 aliphatic rings. The molecule has 1 heterocycles. The number of aliphatic carboxylic acids is 2. The topological polar surface area (TPSA) is 171 Å². The molecule has 3 unspecified atom stereocenters. The van der Waals surface area contributed by atoms with Gasteiger partial charge in [-0.3, -0.25) is 9.59 Å². The molecule has 10 nitrogen and oxygen atoms in total. The quantitative estimate of drug-likeness (QED) is 0.126. The molecule has 0 saturated carbocycles. The minimum atomic E-state index is -2.82. The van der Waals surface area contributed by atoms with Crippen LogP contribution in [0, 0.1) is 10.8 Å². The molecule has 5 N–H and O–H groups in total. The maximum absolute atomic E-state index is 12.9. The Labute approximate surface area is 215 Å². The maximum Gasteiger partial charge on any atom is 0.335 e. The summed E-state index contributed by atoms with van der Waals surface area (Å²) in [5.41, 5.74) is -3.81. The predicted octanol–water partition coefficient (Wildman–Crippen LogP) is 2.63. The fourth-order valence-electron chi connectivity index (χ4n) is 3.49. The van der Waals surface area contributed by atoms with Crippen LogP contribution in [0.3, 0.4) is 0 Å². The van der Waals surface area contributed by atoms with E-state index >= 15 is 0 Å². The number of rotatable bonds is 15. The molecule has 0 aliphatic carbocycles. The van der Waals surface area contributed by atoms with Crippen LogP contribution in [-0.4, -0.2) is 74.1 Å². The predicted molar refractivity (Wildman–Crippen MR) is 126 cm³/mol. The van der Waals surface area contributed by atoms with Crippen molar-refractivity contribution in [3.8, 4) is 0 Å². The van der Waals surface area contributed by atoms with E-state index in [1.807, 2.05) is 12.2 Å². The lowest BCUT2D eigenvalue weighted by Crippen LogP contribution is -2.61. The first-order valence-corrected chi connectivity index (χ1v) is 11.7. The molecule has 7 atom stereocenters. The first-order chi connectivity index (χ1) is 18.7. The second kappa shape index (κ2) is 13.9. The molecule has 202 valence electrons. The summed E-state index contributed by atoms with van der Waals surface area (Å²) in [6.45, 7) is -3.02. The summed E-state index contributed by atoms with van der Waals surface area (Å²) in [6.07, 6.45) is -2.33. The summed E-state index contributed by atoms with van der Waals surface area (Å²) in [5.74, 6) is -4.29. The van der Waals surface area contributed by atoms with Crippen molar-refractivity contribution in [2.45, 2.75) is 116 Å². The average Bonchev–Trinajstić information content (AvgIpc) is 2.85. The third-order valence-electron chi connectivity index (χ3n) is 5.97. The molecule has 0 aromatic rings. The van der Waals surface area contributed by atoms with Crippen LogP contribution in [0.4, 0.5) is 0 Å². The molecule has 1 aliphatic heterocycles. The van der Waals surface area contributed by atoms with Crippen molar-refractivity contribution in [3.63, 3.8) is 0 Å². The number of aliphatic hydroxyl groups excluding tert-OH is 3. The molecule has 1 rings (SSSR count). The van der Waals surface area contributed by atoms with Crippen LogP contribution in [0.15, 0.2) is 12.2 Å². The number of aliphatic hydroxyl groups is 3. The van der Waals surface area contributed by atoms with Crippen molar-refractivity contribution >= 4 is 17.9 Å². The van der Waals surface area contributed by atoms with Gasteiger partial charge in [-0.1, -0.05) is 31.4 Å². The van der Waals surface area contributed by atoms with Gasteiger partial charge < -0.3 is 35.0 Å². The van der Waals surface area contributed by atoms with E-state index in [-0.39, 0.29) is 12.8 Å². The standard InChI is InChI=1S/C25H42O10/c1-24(2,22(31)32)14-12-10-8-6-5-7-9-11-13-15-25(3,4)23(33)35-21-18(28)16(26)17(27)19(34-21)20(29)30/h5-6,16-19,21,26-28H,7-15H2,1-4H3,(H,29,30)(H,31,32)/b6-5+/t16-,17-,18+,19-,21?/m1/s1/i1D3,3D3/t16-,17-,18+,19-,21?,24?,25?. The number of hydrogen-bond donors (Lipinski definition) is 5. The van der Waals surface area contributed by atoms with E-state index in [9.17, 15) is 34.8 Å². The normalized spacial score (nSPS) is 31.5. The van der Waals surface area contributed by atoms with E-state index in [0.29, 0.717) is 44.9 Å². The number of carboxylic acid groups (broad SMARTS) is 2. The van der Waals surface area contributed by atoms with Gasteiger partial charge in [-0.05, 0) is 66.1 Å². The number of hydrogen-bond acceptors (Lipinski definition) is 8. The molecular weight excluding hydrogens is 460 g/mol. The van der Waals surface area contributed by atoms with Gasteiger partial charge in [0, 0.05) is 8.22 Å². The summed E-state index contributed by atoms with van der Waals surface area (Å²) >= 11 is 0. The van der Waals surface area contributed by atoms with Crippen molar-refractivity contribution in [1.29, 1.82) is 0 Å². The highest BCUT2D eigenvalue weighted by molar-refractivity contribution is 5.76. The SMILES string of the molecule is [2H]C([2H])([2H])C(C)(CCCC/C=C/CCCCCC(C)(C(=O)OC1O[C@@H](C(=O)O)[C@H](O)[C@@H](O)[C@@H]1O)C([2H])([2H])[2H])C(=O)O. The van der Waals surface area contributed by atoms with Gasteiger partial charge in [0.15, 0.2) is 6.10 Å². The van der Waals surface area contributed by atoms with E-state index in [0.717, 1.165) is 0 Å². The van der Waals surface area contributed by atoms with Gasteiger partial charge in [-0.15, -0.1) is 0 Å². The van der Waals surface area contributed by atoms with E-state index in [4.69, 9.17) is 22.8 Å². The summed E-state index contributed by atoms with van der Waals surface area (Å²) < 4.78 is 55.9. The number of carbonyl (C=O) groups is 3. The van der Waals surface area contributed by atoms with Gasteiger partial charge >= 0.3 is 17.9 Å². The number of carboxylic acids is 2. The molecule has 0 aromatic heterocycles. The molecular formula is C25H42O10. The van der Waals surface area contributed by atoms with E-state index in [2.05, 4.69) is 0 Å². The second-order valence-corrected chi connectivity index (χ2v) is 9.43. The van der Waals surface area contributed by atoms with Crippen LogP contribution in [0.5, 0.6) is 0 Å². The Morgan fingerprint density at radius 3 is 1.94 bits per heavy atom. The van der Waals surface area contributed by atoms with Gasteiger partial charge in [-0.25, -0.2) is 4.79 Å². The Bertz CT molecular complexity index is 924. The third-order valence-corrected chi connectivity index (χ3v) is 5.97. The Balaban J connectivity index is 2.54. The largest absolute Gasteiger partial charge is 0.481 e. The highest BCUT2D eigenvalue weighted by Gasteiger charge is 2.49. The van der Waals surface area contributed by atoms with Gasteiger partial charge in [0.05, 0.1) is 10.8 Å². The van der Waals surface area contributed by atoms with Crippen molar-refractivity contribution in [2.24, 2.45) is 10.8 Å². The van der Waals surface area contributed by atoms with Crippen LogP contribution in [-0.2, 0) is 23.9 Å². The zero-order chi connectivity index (χ0) is 31.8. The molecule has 35 heavy (non-hydrogen) atoms. The Morgan fingerprint density at radius 2 is 1.40 bits per heavy atom. The Kier molecular flexibility index (Phi) is 8.83. The van der Waals surface area contributed by atoms with E-state index < -0.39 is 73.1 Å². The Hall–Kier alpha value is -2.01. The lowest BCUT2D eigenvalue weighted by Gasteiger charge is -2.39. The summed E-state index contributed by atoms with van der Waals surface area (Å²) in [7, 11) is 0. The van der Waals surface area contributed by atoms with Crippen LogP contribution in [0.25, 0.3) is 0 Å². The fraction of sp³-hybridized carbons (Fsp3) is 0.800. The summed E-state index contributed by atoms with van der Waals surface area (Å²) in [4.78, 5) is 35.5. The molecule has 0 amide bonds. The van der Waals surface area contributed by atoms with Gasteiger partial charge in [0.1, 0.15) is 18.3 Å². The summed E-state index contributed by atoms with van der Waals surface area (Å²) in [5, 5.41) is 48.2. The van der Waals surface area contributed by atoms with Gasteiger partial charge in [-0.2, -0.15) is 0 Å². The second-order valence-electron chi connectivity index (χ2n) is 9.43. The van der Waals surface area contributed by atoms with Crippen molar-refractivity contribution < 1.29 is 57.6 Å². The van der Waals surface area contributed by atoms with Crippen molar-refractivity contribution in [3.05, 3.63) is 12.2 Å². The fourth-order valence-corrected chi connectivity index (χ4v) is 3.49. The lowest BCUT2D eigenvalue weighted by molar-refractivity contribution is -0.288. The monoisotopic (exact) mass is 508 g/mol. The van der Waals surface area contributed by atoms with Crippen LogP contribution < -0.4 is 0 Å².